The molecule has 2 aromatic rings. The van der Waals surface area contributed by atoms with Gasteiger partial charge >= 0.3 is 6.09 Å². The summed E-state index contributed by atoms with van der Waals surface area (Å²) in [5.41, 5.74) is 6.89. The minimum atomic E-state index is -0.968. The number of benzene rings is 2. The second-order valence-electron chi connectivity index (χ2n) is 8.93. The van der Waals surface area contributed by atoms with Gasteiger partial charge < -0.3 is 15.2 Å². The van der Waals surface area contributed by atoms with Crippen LogP contribution in [0.4, 0.5) is 4.79 Å². The minimum Gasteiger partial charge on any atom is -0.493 e. The molecule has 3 rings (SSSR count). The molecule has 0 heterocycles. The summed E-state index contributed by atoms with van der Waals surface area (Å²) in [6, 6.07) is 10.6. The zero-order valence-corrected chi connectivity index (χ0v) is 18.3. The maximum atomic E-state index is 11.3. The van der Waals surface area contributed by atoms with Gasteiger partial charge in [0.1, 0.15) is 5.75 Å². The molecule has 1 amide bonds. The molecule has 1 atom stereocenters. The minimum absolute atomic E-state index is 0.0996. The van der Waals surface area contributed by atoms with Gasteiger partial charge in [-0.2, -0.15) is 0 Å². The summed E-state index contributed by atoms with van der Waals surface area (Å²) in [7, 11) is 0. The average molecular weight is 396 g/mol. The van der Waals surface area contributed by atoms with Gasteiger partial charge in [-0.3, -0.25) is 0 Å². The summed E-state index contributed by atoms with van der Waals surface area (Å²) in [6.07, 6.45) is 3.14. The molecule has 0 fully saturated rings. The van der Waals surface area contributed by atoms with Crippen LogP contribution in [0.2, 0.25) is 0 Å². The van der Waals surface area contributed by atoms with Gasteiger partial charge in [0.15, 0.2) is 0 Å². The lowest BCUT2D eigenvalue weighted by Gasteiger charge is -2.40. The zero-order valence-electron chi connectivity index (χ0n) is 18.3. The Kier molecular flexibility index (Phi) is 6.21. The van der Waals surface area contributed by atoms with Crippen LogP contribution in [-0.2, 0) is 6.42 Å². The number of fused-ring (bicyclic) bond motifs is 1. The van der Waals surface area contributed by atoms with Crippen LogP contribution >= 0.6 is 0 Å². The van der Waals surface area contributed by atoms with Crippen LogP contribution in [-0.4, -0.2) is 17.8 Å². The van der Waals surface area contributed by atoms with Crippen molar-refractivity contribution in [2.45, 2.75) is 66.3 Å². The molecule has 0 saturated carbocycles. The smallest absolute Gasteiger partial charge is 0.405 e. The highest BCUT2D eigenvalue weighted by atomic mass is 16.5. The predicted molar refractivity (Wildman–Crippen MR) is 118 cm³/mol. The number of hydrogen-bond donors (Lipinski definition) is 2. The molecule has 1 aliphatic rings. The van der Waals surface area contributed by atoms with Gasteiger partial charge in [-0.25, -0.2) is 4.79 Å². The molecule has 0 aromatic heterocycles. The molecule has 0 bridgehead atoms. The number of ether oxygens (including phenoxy) is 1. The molecule has 2 aromatic carbocycles. The fourth-order valence-electron chi connectivity index (χ4n) is 4.37. The average Bonchev–Trinajstić information content (AvgIpc) is 2.65. The van der Waals surface area contributed by atoms with Crippen molar-refractivity contribution in [3.8, 4) is 16.9 Å². The summed E-state index contributed by atoms with van der Waals surface area (Å²) >= 11 is 0. The maximum absolute atomic E-state index is 11.3. The predicted octanol–water partition coefficient (Wildman–Crippen LogP) is 6.43. The number of amides is 1. The molecule has 0 saturated heterocycles. The van der Waals surface area contributed by atoms with Crippen LogP contribution < -0.4 is 10.1 Å². The van der Waals surface area contributed by atoms with Crippen molar-refractivity contribution < 1.29 is 14.6 Å². The molecule has 4 heteroatoms. The quantitative estimate of drug-likeness (QED) is 0.554. The number of rotatable bonds is 6. The Morgan fingerprint density at radius 1 is 1.17 bits per heavy atom. The van der Waals surface area contributed by atoms with E-state index in [-0.39, 0.29) is 11.5 Å². The van der Waals surface area contributed by atoms with Crippen LogP contribution in [0.15, 0.2) is 30.3 Å². The fourth-order valence-corrected chi connectivity index (χ4v) is 4.37. The first-order valence-electron chi connectivity index (χ1n) is 10.6. The van der Waals surface area contributed by atoms with E-state index in [1.165, 1.54) is 16.7 Å². The highest BCUT2D eigenvalue weighted by Gasteiger charge is 2.37. The lowest BCUT2D eigenvalue weighted by Crippen LogP contribution is -2.40. The first kappa shape index (κ1) is 21.2. The number of hydrogen-bond acceptors (Lipinski definition) is 2. The molecule has 2 N–H and O–H groups in total. The normalized spacial score (nSPS) is 17.5. The summed E-state index contributed by atoms with van der Waals surface area (Å²) in [4.78, 5) is 11.3. The number of carboxylic acid groups (broad SMARTS) is 1. The molecule has 1 unspecified atom stereocenters. The van der Waals surface area contributed by atoms with Crippen LogP contribution in [0.5, 0.6) is 5.75 Å². The van der Waals surface area contributed by atoms with Crippen molar-refractivity contribution >= 4 is 6.09 Å². The Bertz CT molecular complexity index is 878. The molecule has 156 valence electrons. The Labute approximate surface area is 174 Å². The van der Waals surface area contributed by atoms with Gasteiger partial charge in [-0.1, -0.05) is 45.4 Å². The fraction of sp³-hybridized carbons (Fsp3) is 0.480. The summed E-state index contributed by atoms with van der Waals surface area (Å²) in [6.45, 7) is 11.4. The third kappa shape index (κ3) is 4.58. The van der Waals surface area contributed by atoms with E-state index in [1.54, 1.807) is 0 Å². The lowest BCUT2D eigenvalue weighted by molar-refractivity contribution is 0.161. The number of carbonyl (C=O) groups is 1. The molecule has 29 heavy (non-hydrogen) atoms. The molecule has 0 radical (unpaired) electrons. The van der Waals surface area contributed by atoms with E-state index < -0.39 is 6.09 Å². The van der Waals surface area contributed by atoms with Gasteiger partial charge in [0.2, 0.25) is 0 Å². The maximum Gasteiger partial charge on any atom is 0.405 e. The Morgan fingerprint density at radius 2 is 1.86 bits per heavy atom. The van der Waals surface area contributed by atoms with Crippen LogP contribution in [0.25, 0.3) is 11.1 Å². The van der Waals surface area contributed by atoms with Crippen molar-refractivity contribution in [1.29, 1.82) is 0 Å². The first-order chi connectivity index (χ1) is 13.7. The Balaban J connectivity index is 1.93. The van der Waals surface area contributed by atoms with Crippen LogP contribution in [0.3, 0.4) is 0 Å². The van der Waals surface area contributed by atoms with E-state index in [9.17, 15) is 9.90 Å². The van der Waals surface area contributed by atoms with Gasteiger partial charge in [0, 0.05) is 0 Å². The van der Waals surface area contributed by atoms with Crippen molar-refractivity contribution in [3.63, 3.8) is 0 Å². The van der Waals surface area contributed by atoms with Gasteiger partial charge in [0.25, 0.3) is 0 Å². The van der Waals surface area contributed by atoms with E-state index in [2.05, 4.69) is 70.3 Å². The van der Waals surface area contributed by atoms with E-state index in [1.807, 2.05) is 0 Å². The summed E-state index contributed by atoms with van der Waals surface area (Å²) in [5, 5.41) is 12.0. The molecule has 0 spiro atoms. The van der Waals surface area contributed by atoms with Crippen molar-refractivity contribution in [2.75, 3.05) is 6.61 Å². The zero-order chi connectivity index (χ0) is 21.2. The second kappa shape index (κ2) is 8.48. The van der Waals surface area contributed by atoms with E-state index in [4.69, 9.17) is 4.74 Å². The topological polar surface area (TPSA) is 58.6 Å². The van der Waals surface area contributed by atoms with Gasteiger partial charge in [0.05, 0.1) is 12.6 Å². The Hall–Kier alpha value is -2.49. The molecule has 1 aliphatic carbocycles. The molecular weight excluding hydrogens is 362 g/mol. The van der Waals surface area contributed by atoms with Gasteiger partial charge in [-0.05, 0) is 84.0 Å². The Morgan fingerprint density at radius 3 is 2.48 bits per heavy atom. The van der Waals surface area contributed by atoms with Gasteiger partial charge in [-0.15, -0.1) is 0 Å². The van der Waals surface area contributed by atoms with E-state index in [0.717, 1.165) is 54.7 Å². The monoisotopic (exact) mass is 395 g/mol. The number of unbranched alkanes of at least 4 members (excludes halogenated alkanes) is 1. The molecule has 0 aliphatic heterocycles. The van der Waals surface area contributed by atoms with E-state index in [0.29, 0.717) is 0 Å². The number of aryl methyl sites for hydroxylation is 3. The first-order valence-corrected chi connectivity index (χ1v) is 10.6. The van der Waals surface area contributed by atoms with Crippen molar-refractivity contribution in [3.05, 3.63) is 52.6 Å². The van der Waals surface area contributed by atoms with Crippen LogP contribution in [0.1, 0.15) is 68.3 Å². The van der Waals surface area contributed by atoms with E-state index >= 15 is 0 Å². The largest absolute Gasteiger partial charge is 0.493 e. The highest BCUT2D eigenvalue weighted by molar-refractivity contribution is 5.70. The number of nitrogens with one attached hydrogen (secondary N) is 1. The third-order valence-electron chi connectivity index (χ3n) is 6.08. The standard InChI is InChI=1S/C25H33NO3/c1-6-7-12-29-22-16(2)13-20(14-17(22)3)18-8-9-21-19(15-18)10-11-25(4,5)23(21)26-24(27)28/h8-9,13-15,23,26H,6-7,10-12H2,1-5H3,(H,27,28). The second-order valence-corrected chi connectivity index (χ2v) is 8.93. The summed E-state index contributed by atoms with van der Waals surface area (Å²) < 4.78 is 6.00. The third-order valence-corrected chi connectivity index (χ3v) is 6.08. The summed E-state index contributed by atoms with van der Waals surface area (Å²) in [5.74, 6) is 0.993. The molecule has 4 nitrogen and oxygen atoms in total. The highest BCUT2D eigenvalue weighted by Crippen LogP contribution is 2.44. The van der Waals surface area contributed by atoms with Crippen LogP contribution in [0, 0.1) is 19.3 Å². The molecular formula is C25H33NO3. The van der Waals surface area contributed by atoms with Crippen molar-refractivity contribution in [2.24, 2.45) is 5.41 Å². The lowest BCUT2D eigenvalue weighted by atomic mass is 9.70. The SMILES string of the molecule is CCCCOc1c(C)cc(-c2ccc3c(c2)CCC(C)(C)C3NC(=O)O)cc1C. The van der Waals surface area contributed by atoms with Crippen molar-refractivity contribution in [1.82, 2.24) is 5.32 Å².